The van der Waals surface area contributed by atoms with Crippen molar-refractivity contribution in [1.82, 2.24) is 39.6 Å². The summed E-state index contributed by atoms with van der Waals surface area (Å²) in [5.74, 6) is -1.24. The predicted molar refractivity (Wildman–Crippen MR) is 243 cm³/mol. The summed E-state index contributed by atoms with van der Waals surface area (Å²) >= 11 is 0. The molecule has 66 heavy (non-hydrogen) atoms. The van der Waals surface area contributed by atoms with E-state index >= 15 is 0 Å². The molecule has 2 aromatic heterocycles. The van der Waals surface area contributed by atoms with Crippen LogP contribution >= 0.6 is 12.4 Å². The van der Waals surface area contributed by atoms with Crippen molar-refractivity contribution < 1.29 is 52.8 Å². The number of rotatable bonds is 6. The first-order valence-electron chi connectivity index (χ1n) is 23.5. The number of hydrogen-bond acceptors (Lipinski definition) is 13. The molecule has 368 valence electrons. The van der Waals surface area contributed by atoms with Crippen molar-refractivity contribution in [2.24, 2.45) is 11.8 Å². The molecule has 4 unspecified atom stereocenters. The fourth-order valence-corrected chi connectivity index (χ4v) is 9.72. The SMILES string of the molecule is CC(C)(C)OC(=O)N1CCn2nc(C(=O)O)cc2C1.CCOC(=O)C1CC2CCCC(C1)N2.CCOC(=O)C1CC2CCCC(C1)N2C(=O)c1cc2n(n1)CCN(C(=O)OC(C)(C)C)C2.Cl. The Morgan fingerprint density at radius 3 is 1.52 bits per heavy atom. The van der Waals surface area contributed by atoms with Crippen molar-refractivity contribution in [3.05, 3.63) is 34.9 Å². The number of amides is 3. The van der Waals surface area contributed by atoms with Gasteiger partial charge in [-0.1, -0.05) is 6.42 Å². The highest BCUT2D eigenvalue weighted by Gasteiger charge is 2.44. The van der Waals surface area contributed by atoms with Crippen LogP contribution in [0.25, 0.3) is 0 Å². The van der Waals surface area contributed by atoms with E-state index in [2.05, 4.69) is 15.5 Å². The maximum Gasteiger partial charge on any atom is 0.410 e. The number of aromatic carboxylic acids is 1. The zero-order valence-corrected chi connectivity index (χ0v) is 40.7. The van der Waals surface area contributed by atoms with E-state index in [0.717, 1.165) is 37.8 Å². The zero-order chi connectivity index (χ0) is 47.2. The maximum absolute atomic E-state index is 13.5. The van der Waals surface area contributed by atoms with Crippen molar-refractivity contribution in [1.29, 1.82) is 0 Å². The summed E-state index contributed by atoms with van der Waals surface area (Å²) in [4.78, 5) is 77.7. The average molecular weight is 948 g/mol. The number of ether oxygens (including phenoxy) is 4. The average Bonchev–Trinajstić information content (AvgIpc) is 3.87. The van der Waals surface area contributed by atoms with E-state index in [1.807, 2.05) is 65.0 Å². The Bertz CT molecular complexity index is 2020. The summed E-state index contributed by atoms with van der Waals surface area (Å²) < 4.78 is 24.5. The number of carboxylic acids is 1. The van der Waals surface area contributed by atoms with Crippen LogP contribution in [0.4, 0.5) is 9.59 Å². The van der Waals surface area contributed by atoms with Gasteiger partial charge in [0.25, 0.3) is 5.91 Å². The third kappa shape index (κ3) is 13.6. The highest BCUT2D eigenvalue weighted by Crippen LogP contribution is 2.39. The molecule has 8 heterocycles. The highest BCUT2D eigenvalue weighted by molar-refractivity contribution is 5.93. The number of nitrogens with one attached hydrogen (secondary N) is 1. The van der Waals surface area contributed by atoms with Crippen molar-refractivity contribution in [3.63, 3.8) is 0 Å². The predicted octanol–water partition coefficient (Wildman–Crippen LogP) is 6.19. The van der Waals surface area contributed by atoms with Gasteiger partial charge in [0, 0.05) is 37.3 Å². The summed E-state index contributed by atoms with van der Waals surface area (Å²) in [5, 5.41) is 21.0. The molecule has 2 aromatic rings. The molecule has 0 radical (unpaired) electrons. The number of carboxylic acid groups (broad SMARTS) is 1. The summed E-state index contributed by atoms with van der Waals surface area (Å²) in [5.41, 5.74) is 0.856. The quantitative estimate of drug-likeness (QED) is 0.244. The minimum Gasteiger partial charge on any atom is -0.476 e. The van der Waals surface area contributed by atoms with Gasteiger partial charge in [0.1, 0.15) is 11.2 Å². The lowest BCUT2D eigenvalue weighted by molar-refractivity contribution is -0.152. The second kappa shape index (κ2) is 22.3. The molecular weight excluding hydrogens is 876 g/mol. The minimum atomic E-state index is -1.06. The normalized spacial score (nSPS) is 24.3. The number of aromatic nitrogens is 4. The van der Waals surface area contributed by atoms with Gasteiger partial charge in [-0.2, -0.15) is 10.2 Å². The van der Waals surface area contributed by atoms with Crippen LogP contribution in [0.5, 0.6) is 0 Å². The summed E-state index contributed by atoms with van der Waals surface area (Å²) in [6.45, 7) is 18.2. The van der Waals surface area contributed by atoms with Gasteiger partial charge in [-0.15, -0.1) is 12.4 Å². The fraction of sp³-hybridized carbons (Fsp3) is 0.739. The molecule has 2 N–H and O–H groups in total. The third-order valence-corrected chi connectivity index (χ3v) is 12.5. The summed E-state index contributed by atoms with van der Waals surface area (Å²) in [6.07, 6.45) is 9.17. The molecule has 4 bridgehead atoms. The third-order valence-electron chi connectivity index (χ3n) is 12.5. The van der Waals surface area contributed by atoms with Crippen LogP contribution in [0.2, 0.25) is 0 Å². The molecular formula is C46H71ClN8O11. The van der Waals surface area contributed by atoms with Crippen LogP contribution in [0, 0.1) is 11.8 Å². The van der Waals surface area contributed by atoms with Crippen LogP contribution in [-0.2, 0) is 54.7 Å². The first-order chi connectivity index (χ1) is 30.7. The lowest BCUT2D eigenvalue weighted by Crippen LogP contribution is -2.55. The van der Waals surface area contributed by atoms with Gasteiger partial charge < -0.3 is 44.1 Å². The molecule has 0 spiro atoms. The fourth-order valence-electron chi connectivity index (χ4n) is 9.72. The van der Waals surface area contributed by atoms with E-state index < -0.39 is 23.3 Å². The topological polar surface area (TPSA) is 217 Å². The molecule has 8 rings (SSSR count). The van der Waals surface area contributed by atoms with E-state index in [1.165, 1.54) is 25.3 Å². The van der Waals surface area contributed by atoms with Crippen molar-refractivity contribution in [2.45, 2.75) is 181 Å². The standard InChI is InChI=1S/C23H34N4O5.C12H17N3O4.C11H19NO2.ClH/c1-5-31-21(29)15-11-16-7-6-8-17(12-15)27(16)20(28)19-13-18-14-25(9-10-26(18)24-19)22(30)32-23(2,3)4;1-12(2,3)19-11(18)14-4-5-15-8(7-14)6-9(13-15)10(16)17;1-2-14-11(13)8-6-9-4-3-5-10(7-8)12-9;/h13,15-17H,5-12,14H2,1-4H3;6H,4-5,7H2,1-3H3,(H,16,17);8-10,12H,2-7H2,1H3;1H. The number of esters is 2. The Morgan fingerprint density at radius 1 is 0.652 bits per heavy atom. The number of piperidine rings is 4. The van der Waals surface area contributed by atoms with Crippen molar-refractivity contribution >= 4 is 48.4 Å². The van der Waals surface area contributed by atoms with Gasteiger partial charge in [-0.3, -0.25) is 23.7 Å². The molecule has 19 nitrogen and oxygen atoms in total. The monoisotopic (exact) mass is 946 g/mol. The first kappa shape index (κ1) is 52.1. The smallest absolute Gasteiger partial charge is 0.410 e. The largest absolute Gasteiger partial charge is 0.476 e. The van der Waals surface area contributed by atoms with E-state index in [-0.39, 0.29) is 66.0 Å². The molecule has 4 saturated heterocycles. The Hall–Kier alpha value is -4.91. The highest BCUT2D eigenvalue weighted by atomic mass is 35.5. The summed E-state index contributed by atoms with van der Waals surface area (Å²) in [6, 6.07) is 4.50. The Kier molecular flexibility index (Phi) is 17.6. The second-order valence-corrected chi connectivity index (χ2v) is 19.9. The molecule has 6 aliphatic rings. The van der Waals surface area contributed by atoms with Crippen molar-refractivity contribution in [2.75, 3.05) is 26.3 Å². The molecule has 20 heteroatoms. The zero-order valence-electron chi connectivity index (χ0n) is 39.9. The number of fused-ring (bicyclic) bond motifs is 6. The van der Waals surface area contributed by atoms with E-state index in [4.69, 9.17) is 24.1 Å². The van der Waals surface area contributed by atoms with Gasteiger partial charge in [-0.25, -0.2) is 14.4 Å². The van der Waals surface area contributed by atoms with Crippen LogP contribution in [0.3, 0.4) is 0 Å². The number of carbonyl (C=O) groups excluding carboxylic acids is 5. The molecule has 4 fully saturated rings. The lowest BCUT2D eigenvalue weighted by atomic mass is 9.78. The van der Waals surface area contributed by atoms with E-state index in [0.29, 0.717) is 88.8 Å². The molecule has 0 aromatic carbocycles. The van der Waals surface area contributed by atoms with Crippen LogP contribution in [-0.4, -0.2) is 137 Å². The van der Waals surface area contributed by atoms with Gasteiger partial charge in [-0.05, 0) is 125 Å². The Balaban J connectivity index is 0.000000203. The number of carbonyl (C=O) groups is 6. The molecule has 6 aliphatic heterocycles. The lowest BCUT2D eigenvalue weighted by Gasteiger charge is -2.48. The molecule has 0 aliphatic carbocycles. The first-order valence-corrected chi connectivity index (χ1v) is 23.5. The molecule has 3 amide bonds. The Labute approximate surface area is 393 Å². The summed E-state index contributed by atoms with van der Waals surface area (Å²) in [7, 11) is 0. The number of hydrogen-bond donors (Lipinski definition) is 2. The maximum atomic E-state index is 13.5. The minimum absolute atomic E-state index is 0. The van der Waals surface area contributed by atoms with Gasteiger partial charge in [0.05, 0.1) is 62.6 Å². The number of halogens is 1. The van der Waals surface area contributed by atoms with Crippen LogP contribution < -0.4 is 5.32 Å². The van der Waals surface area contributed by atoms with Gasteiger partial charge in [0.15, 0.2) is 11.4 Å². The second-order valence-electron chi connectivity index (χ2n) is 19.9. The van der Waals surface area contributed by atoms with E-state index in [9.17, 15) is 28.8 Å². The van der Waals surface area contributed by atoms with Gasteiger partial charge >= 0.3 is 30.1 Å². The van der Waals surface area contributed by atoms with Crippen LogP contribution in [0.15, 0.2) is 12.1 Å². The molecule has 0 saturated carbocycles. The van der Waals surface area contributed by atoms with Gasteiger partial charge in [0.2, 0.25) is 0 Å². The molecule has 4 atom stereocenters. The van der Waals surface area contributed by atoms with Crippen LogP contribution in [0.1, 0.15) is 152 Å². The number of nitrogens with zero attached hydrogens (tertiary/aromatic N) is 7. The van der Waals surface area contributed by atoms with Crippen molar-refractivity contribution in [3.8, 4) is 0 Å². The van der Waals surface area contributed by atoms with E-state index in [1.54, 1.807) is 20.5 Å². The Morgan fingerprint density at radius 2 is 1.08 bits per heavy atom.